The molecule has 0 spiro atoms. The van der Waals surface area contributed by atoms with E-state index in [1.54, 1.807) is 0 Å². The monoisotopic (exact) mass is 150 g/mol. The van der Waals surface area contributed by atoms with Crippen LogP contribution in [-0.4, -0.2) is 22.3 Å². The van der Waals surface area contributed by atoms with Gasteiger partial charge >= 0.3 is 0 Å². The smallest absolute Gasteiger partial charge is 0.169 e. The third kappa shape index (κ3) is 0.657. The summed E-state index contributed by atoms with van der Waals surface area (Å²) >= 11 is 0. The van der Waals surface area contributed by atoms with Crippen molar-refractivity contribution in [3.05, 3.63) is 24.3 Å². The fraction of sp³-hybridized carbons (Fsp3) is 0.250. The van der Waals surface area contributed by atoms with Crippen molar-refractivity contribution in [3.8, 4) is 0 Å². The number of rotatable bonds is 0. The summed E-state index contributed by atoms with van der Waals surface area (Å²) in [5.74, 6) is -1.49. The lowest BCUT2D eigenvalue weighted by Crippen LogP contribution is -2.34. The molecule has 3 nitrogen and oxygen atoms in total. The van der Waals surface area contributed by atoms with E-state index in [4.69, 9.17) is 0 Å². The molecule has 56 valence electrons. The molecule has 0 aromatic carbocycles. The Balaban J connectivity index is 2.51. The van der Waals surface area contributed by atoms with Gasteiger partial charge in [0.1, 0.15) is 11.5 Å². The zero-order valence-corrected chi connectivity index (χ0v) is 5.65. The average Bonchev–Trinajstić information content (AvgIpc) is 2.38. The zero-order chi connectivity index (χ0) is 8.06. The Bertz CT molecular complexity index is 272. The number of hydrogen-bond donors (Lipinski definition) is 1. The maximum absolute atomic E-state index is 11.0. The van der Waals surface area contributed by atoms with Crippen molar-refractivity contribution in [1.29, 1.82) is 0 Å². The van der Waals surface area contributed by atoms with Crippen LogP contribution in [0.5, 0.6) is 0 Å². The lowest BCUT2D eigenvalue weighted by Gasteiger charge is -2.16. The Hall–Kier alpha value is -1.22. The molecule has 0 atom stereocenters. The minimum absolute atomic E-state index is 0.303. The van der Waals surface area contributed by atoms with Crippen LogP contribution < -0.4 is 0 Å². The Morgan fingerprint density at radius 1 is 1.18 bits per heavy atom. The van der Waals surface area contributed by atoms with Crippen LogP contribution in [0.25, 0.3) is 0 Å². The first-order chi connectivity index (χ1) is 5.13. The van der Waals surface area contributed by atoms with Crippen LogP contribution >= 0.6 is 0 Å². The van der Waals surface area contributed by atoms with Crippen LogP contribution in [0.1, 0.15) is 0 Å². The van der Waals surface area contributed by atoms with Crippen LogP contribution in [0.15, 0.2) is 24.3 Å². The number of carbonyl (C=O) groups is 2. The maximum atomic E-state index is 11.0. The van der Waals surface area contributed by atoms with Gasteiger partial charge in [-0.2, -0.15) is 0 Å². The topological polar surface area (TPSA) is 54.4 Å². The Morgan fingerprint density at radius 3 is 2.00 bits per heavy atom. The normalized spacial score (nSPS) is 40.3. The van der Waals surface area contributed by atoms with Gasteiger partial charge < -0.3 is 5.11 Å². The van der Waals surface area contributed by atoms with Gasteiger partial charge in [-0.1, -0.05) is 0 Å². The molecule has 0 amide bonds. The van der Waals surface area contributed by atoms with Gasteiger partial charge in [-0.05, 0) is 24.3 Å². The van der Waals surface area contributed by atoms with E-state index in [1.165, 1.54) is 24.3 Å². The minimum atomic E-state index is -1.31. The SMILES string of the molecule is O=C1C=CC2(O)C=CC(=O)C12. The molecular formula is C8H6O3. The van der Waals surface area contributed by atoms with Gasteiger partial charge in [0.25, 0.3) is 0 Å². The molecule has 0 saturated heterocycles. The number of aliphatic hydroxyl groups is 1. The summed E-state index contributed by atoms with van der Waals surface area (Å²) in [5.41, 5.74) is -1.31. The first-order valence-corrected chi connectivity index (χ1v) is 3.32. The molecule has 0 bridgehead atoms. The van der Waals surface area contributed by atoms with E-state index >= 15 is 0 Å². The molecular weight excluding hydrogens is 144 g/mol. The van der Waals surface area contributed by atoms with Crippen LogP contribution in [-0.2, 0) is 9.59 Å². The van der Waals surface area contributed by atoms with Gasteiger partial charge in [0.2, 0.25) is 0 Å². The predicted octanol–water partition coefficient (Wildman–Crippen LogP) is -0.389. The lowest BCUT2D eigenvalue weighted by molar-refractivity contribution is -0.130. The van der Waals surface area contributed by atoms with Crippen LogP contribution in [0.2, 0.25) is 0 Å². The molecule has 0 saturated carbocycles. The third-order valence-electron chi connectivity index (χ3n) is 2.06. The standard InChI is InChI=1S/C8H6O3/c9-5-1-3-8(11)4-2-6(10)7(5)8/h1-4,7,11H. The number of carbonyl (C=O) groups excluding carboxylic acids is 2. The van der Waals surface area contributed by atoms with E-state index in [-0.39, 0.29) is 11.6 Å². The predicted molar refractivity (Wildman–Crippen MR) is 36.7 cm³/mol. The second-order valence-electron chi connectivity index (χ2n) is 2.79. The first-order valence-electron chi connectivity index (χ1n) is 3.32. The molecule has 3 heteroatoms. The molecule has 2 rings (SSSR count). The number of fused-ring (bicyclic) bond motifs is 1. The molecule has 2 aliphatic carbocycles. The largest absolute Gasteiger partial charge is 0.380 e. The Morgan fingerprint density at radius 2 is 1.64 bits per heavy atom. The molecule has 0 aliphatic heterocycles. The molecule has 0 aromatic heterocycles. The molecule has 0 aromatic rings. The van der Waals surface area contributed by atoms with E-state index in [9.17, 15) is 14.7 Å². The summed E-state index contributed by atoms with van der Waals surface area (Å²) in [6.45, 7) is 0. The second-order valence-corrected chi connectivity index (χ2v) is 2.79. The molecule has 0 radical (unpaired) electrons. The molecule has 2 aliphatic rings. The molecule has 0 unspecified atom stereocenters. The van der Waals surface area contributed by atoms with E-state index in [1.807, 2.05) is 0 Å². The average molecular weight is 150 g/mol. The van der Waals surface area contributed by atoms with Crippen LogP contribution in [0, 0.1) is 5.92 Å². The van der Waals surface area contributed by atoms with Crippen molar-refractivity contribution in [1.82, 2.24) is 0 Å². The summed E-state index contributed by atoms with van der Waals surface area (Å²) in [6, 6.07) is 0. The summed E-state index contributed by atoms with van der Waals surface area (Å²) in [5, 5.41) is 9.56. The zero-order valence-electron chi connectivity index (χ0n) is 5.65. The first kappa shape index (κ1) is 6.49. The van der Waals surface area contributed by atoms with Crippen molar-refractivity contribution in [2.24, 2.45) is 5.92 Å². The van der Waals surface area contributed by atoms with E-state index in [2.05, 4.69) is 0 Å². The van der Waals surface area contributed by atoms with Gasteiger partial charge in [-0.3, -0.25) is 9.59 Å². The van der Waals surface area contributed by atoms with Crippen molar-refractivity contribution in [2.75, 3.05) is 0 Å². The Kier molecular flexibility index (Phi) is 0.991. The highest BCUT2D eigenvalue weighted by Crippen LogP contribution is 2.33. The highest BCUT2D eigenvalue weighted by molar-refractivity contribution is 6.17. The Labute approximate surface area is 63.0 Å². The van der Waals surface area contributed by atoms with Gasteiger partial charge in [0, 0.05) is 0 Å². The van der Waals surface area contributed by atoms with E-state index < -0.39 is 11.5 Å². The van der Waals surface area contributed by atoms with Gasteiger partial charge in [-0.15, -0.1) is 0 Å². The second kappa shape index (κ2) is 1.68. The highest BCUT2D eigenvalue weighted by atomic mass is 16.3. The quantitative estimate of drug-likeness (QED) is 0.478. The minimum Gasteiger partial charge on any atom is -0.380 e. The molecule has 1 N–H and O–H groups in total. The van der Waals surface area contributed by atoms with Gasteiger partial charge in [0.05, 0.1) is 0 Å². The van der Waals surface area contributed by atoms with Crippen molar-refractivity contribution in [2.45, 2.75) is 5.60 Å². The van der Waals surface area contributed by atoms with Crippen molar-refractivity contribution < 1.29 is 14.7 Å². The highest BCUT2D eigenvalue weighted by Gasteiger charge is 2.48. The molecule has 0 heterocycles. The van der Waals surface area contributed by atoms with Crippen molar-refractivity contribution in [3.63, 3.8) is 0 Å². The number of ketones is 2. The fourth-order valence-corrected chi connectivity index (χ4v) is 1.47. The number of allylic oxidation sites excluding steroid dienone is 2. The summed E-state index contributed by atoms with van der Waals surface area (Å²) in [7, 11) is 0. The van der Waals surface area contributed by atoms with Gasteiger partial charge in [-0.25, -0.2) is 0 Å². The van der Waals surface area contributed by atoms with Gasteiger partial charge in [0.15, 0.2) is 11.6 Å². The fourth-order valence-electron chi connectivity index (χ4n) is 1.47. The summed E-state index contributed by atoms with van der Waals surface area (Å²) in [4.78, 5) is 21.9. The summed E-state index contributed by atoms with van der Waals surface area (Å²) < 4.78 is 0. The maximum Gasteiger partial charge on any atom is 0.169 e. The van der Waals surface area contributed by atoms with Crippen LogP contribution in [0.4, 0.5) is 0 Å². The van der Waals surface area contributed by atoms with E-state index in [0.29, 0.717) is 0 Å². The lowest BCUT2D eigenvalue weighted by atomic mass is 9.93. The van der Waals surface area contributed by atoms with E-state index in [0.717, 1.165) is 0 Å². The van der Waals surface area contributed by atoms with Crippen molar-refractivity contribution >= 4 is 11.6 Å². The number of hydrogen-bond acceptors (Lipinski definition) is 3. The molecule has 11 heavy (non-hydrogen) atoms. The molecule has 0 fully saturated rings. The summed E-state index contributed by atoms with van der Waals surface area (Å²) in [6.07, 6.45) is 5.24. The third-order valence-corrected chi connectivity index (χ3v) is 2.06. The van der Waals surface area contributed by atoms with Crippen LogP contribution in [0.3, 0.4) is 0 Å².